The number of rotatable bonds is 13. The highest BCUT2D eigenvalue weighted by molar-refractivity contribution is 6.18. The molecule has 0 bridgehead atoms. The zero-order chi connectivity index (χ0) is 73.7. The molecule has 522 valence electrons. The maximum Gasteiger partial charge on any atom is 0.164 e. The van der Waals surface area contributed by atoms with Crippen LogP contribution < -0.4 is 0 Å². The van der Waals surface area contributed by atoms with Crippen LogP contribution in [0.15, 0.2) is 394 Å². The molecule has 0 atom stereocenters. The lowest BCUT2D eigenvalue weighted by atomic mass is 9.97. The lowest BCUT2D eigenvalue weighted by Crippen LogP contribution is -2.01. The highest BCUT2D eigenvalue weighted by Crippen LogP contribution is 2.45. The summed E-state index contributed by atoms with van der Waals surface area (Å²) in [7, 11) is 0. The first-order valence-electron chi connectivity index (χ1n) is 37.9. The van der Waals surface area contributed by atoms with Gasteiger partial charge in [0.05, 0.1) is 55.5 Å². The van der Waals surface area contributed by atoms with Crippen molar-refractivity contribution in [2.45, 2.75) is 0 Å². The average molecular weight is 1430 g/mol. The van der Waals surface area contributed by atoms with Crippen LogP contribution in [0.4, 0.5) is 0 Å². The van der Waals surface area contributed by atoms with E-state index in [1.165, 1.54) is 48.9 Å². The summed E-state index contributed by atoms with van der Waals surface area (Å²) >= 11 is 0. The van der Waals surface area contributed by atoms with E-state index in [-0.39, 0.29) is 0 Å². The van der Waals surface area contributed by atoms with Crippen molar-refractivity contribution in [2.75, 3.05) is 0 Å². The summed E-state index contributed by atoms with van der Waals surface area (Å²) in [5, 5.41) is 9.50. The summed E-state index contributed by atoms with van der Waals surface area (Å²) in [6, 6.07) is 141. The molecular weight excluding hydrogens is 1360 g/mol. The van der Waals surface area contributed by atoms with Crippen molar-refractivity contribution in [3.63, 3.8) is 0 Å². The Labute approximate surface area is 644 Å². The average Bonchev–Trinajstić information content (AvgIpc) is 1.59. The number of hydrogen-bond acceptors (Lipinski definition) is 5. The van der Waals surface area contributed by atoms with Gasteiger partial charge in [-0.15, -0.1) is 0 Å². The maximum atomic E-state index is 5.39. The van der Waals surface area contributed by atoms with Gasteiger partial charge in [0, 0.05) is 99.2 Å². The number of hydrogen-bond donors (Lipinski definition) is 0. The SMILES string of the molecule is c1ccc(-c2cc(-c3ccc(-n4c5cc(-c6ccc7c(c6)c6ccccc6n7-c6ccccc6)ccc5c5c(-c6ccc(-c7nc(-c8ccccc8)nc(-c8cccc(-n9c%10ccccc%10c%10ccc(-c%11ccc%12c(c%11)c%11ccccc%11n%12-c%11ccccc%11)cc%109)c8)n7)cc6)cccc54)cc3)nc(-c3ccccc3)n2)cc1. The Bertz CT molecular complexity index is 7390. The molecule has 0 saturated heterocycles. The van der Waals surface area contributed by atoms with E-state index in [2.05, 4.69) is 370 Å². The molecule has 6 aromatic heterocycles. The van der Waals surface area contributed by atoms with Crippen molar-refractivity contribution in [3.8, 4) is 124 Å². The van der Waals surface area contributed by atoms with Crippen LogP contribution in [0.25, 0.3) is 211 Å². The van der Waals surface area contributed by atoms with Crippen LogP contribution in [0.2, 0.25) is 0 Å². The second kappa shape index (κ2) is 26.3. The molecule has 9 heteroatoms. The van der Waals surface area contributed by atoms with E-state index in [0.717, 1.165) is 139 Å². The zero-order valence-corrected chi connectivity index (χ0v) is 60.6. The molecule has 16 aromatic carbocycles. The second-order valence-corrected chi connectivity index (χ2v) is 28.7. The molecule has 0 spiro atoms. The van der Waals surface area contributed by atoms with Gasteiger partial charge in [0.25, 0.3) is 0 Å². The van der Waals surface area contributed by atoms with Gasteiger partial charge in [-0.1, -0.05) is 279 Å². The minimum Gasteiger partial charge on any atom is -0.309 e. The second-order valence-electron chi connectivity index (χ2n) is 28.7. The number of benzene rings is 16. The Morgan fingerprint density at radius 1 is 0.152 bits per heavy atom. The molecule has 22 aromatic rings. The fraction of sp³-hybridized carbons (Fsp3) is 0. The normalized spacial score (nSPS) is 11.8. The van der Waals surface area contributed by atoms with Gasteiger partial charge in [0.15, 0.2) is 23.3 Å². The lowest BCUT2D eigenvalue weighted by Gasteiger charge is -2.13. The van der Waals surface area contributed by atoms with Gasteiger partial charge >= 0.3 is 0 Å². The van der Waals surface area contributed by atoms with Gasteiger partial charge in [-0.3, -0.25) is 0 Å². The Morgan fingerprint density at radius 3 is 1.02 bits per heavy atom. The van der Waals surface area contributed by atoms with E-state index in [9.17, 15) is 0 Å². The molecule has 9 nitrogen and oxygen atoms in total. The topological polar surface area (TPSA) is 84.2 Å². The van der Waals surface area contributed by atoms with E-state index in [4.69, 9.17) is 24.9 Å². The van der Waals surface area contributed by atoms with Crippen LogP contribution in [0.5, 0.6) is 0 Å². The summed E-state index contributed by atoms with van der Waals surface area (Å²) < 4.78 is 9.56. The molecule has 0 aliphatic heterocycles. The molecule has 0 amide bonds. The molecule has 0 aliphatic rings. The summed E-state index contributed by atoms with van der Waals surface area (Å²) in [6.07, 6.45) is 0. The van der Waals surface area contributed by atoms with Crippen LogP contribution in [0, 0.1) is 0 Å². The lowest BCUT2D eigenvalue weighted by molar-refractivity contribution is 1.07. The van der Waals surface area contributed by atoms with Gasteiger partial charge in [0.2, 0.25) is 0 Å². The quantitative estimate of drug-likeness (QED) is 0.115. The van der Waals surface area contributed by atoms with Crippen LogP contribution in [-0.4, -0.2) is 43.2 Å². The molecule has 0 aliphatic carbocycles. The fourth-order valence-corrected chi connectivity index (χ4v) is 17.0. The monoisotopic (exact) mass is 1430 g/mol. The molecule has 112 heavy (non-hydrogen) atoms. The van der Waals surface area contributed by atoms with E-state index >= 15 is 0 Å². The Kier molecular flexibility index (Phi) is 15.1. The predicted molar refractivity (Wildman–Crippen MR) is 462 cm³/mol. The van der Waals surface area contributed by atoms with Crippen molar-refractivity contribution in [1.29, 1.82) is 0 Å². The molecule has 22 rings (SSSR count). The van der Waals surface area contributed by atoms with E-state index in [1.54, 1.807) is 0 Å². The molecule has 0 N–H and O–H groups in total. The van der Waals surface area contributed by atoms with Crippen molar-refractivity contribution in [2.24, 2.45) is 0 Å². The van der Waals surface area contributed by atoms with Gasteiger partial charge < -0.3 is 18.3 Å². The first kappa shape index (κ1) is 64.0. The zero-order valence-electron chi connectivity index (χ0n) is 60.6. The van der Waals surface area contributed by atoms with Gasteiger partial charge in [-0.05, 0) is 149 Å². The summed E-state index contributed by atoms with van der Waals surface area (Å²) in [4.78, 5) is 26.3. The van der Waals surface area contributed by atoms with Crippen molar-refractivity contribution in [1.82, 2.24) is 43.2 Å². The van der Waals surface area contributed by atoms with Crippen molar-refractivity contribution >= 4 is 87.2 Å². The summed E-state index contributed by atoms with van der Waals surface area (Å²) in [5.41, 5.74) is 27.5. The molecule has 0 radical (unpaired) electrons. The van der Waals surface area contributed by atoms with E-state index in [1.807, 2.05) is 42.5 Å². The highest BCUT2D eigenvalue weighted by Gasteiger charge is 2.23. The van der Waals surface area contributed by atoms with E-state index < -0.39 is 0 Å². The van der Waals surface area contributed by atoms with Crippen LogP contribution in [0.1, 0.15) is 0 Å². The van der Waals surface area contributed by atoms with E-state index in [0.29, 0.717) is 23.3 Å². The number of aromatic nitrogens is 9. The largest absolute Gasteiger partial charge is 0.309 e. The van der Waals surface area contributed by atoms with Crippen LogP contribution >= 0.6 is 0 Å². The summed E-state index contributed by atoms with van der Waals surface area (Å²) in [6.45, 7) is 0. The molecular formula is C103H65N9. The molecule has 0 saturated carbocycles. The van der Waals surface area contributed by atoms with Crippen molar-refractivity contribution < 1.29 is 0 Å². The third kappa shape index (κ3) is 10.8. The Hall–Kier alpha value is -15.2. The fourth-order valence-electron chi connectivity index (χ4n) is 17.0. The maximum absolute atomic E-state index is 5.39. The number of nitrogens with zero attached hydrogens (tertiary/aromatic N) is 9. The van der Waals surface area contributed by atoms with Gasteiger partial charge in [-0.2, -0.15) is 0 Å². The molecule has 6 heterocycles. The molecule has 0 unspecified atom stereocenters. The van der Waals surface area contributed by atoms with Gasteiger partial charge in [0.1, 0.15) is 0 Å². The minimum atomic E-state index is 0.578. The standard InChI is InChI=1S/C103H65N9/c1-6-24-67(25-7-1)89-65-90(105-100(104-89)69-26-8-2-9-27-69)68-48-54-79(55-49-68)111-96-43-23-39-81(99(96)86-57-51-75(64-98(86)111)73-53-59-95-88(62-73)84-38-18-21-42-93(84)110(95)78-33-14-5-15-34-78)66-44-46-71(47-45-66)102-106-101(70-28-10-3-11-29-70)107-103(108-102)76-30-22-35-80(60-76)112-91-40-19-16-36-82(91)85-56-50-74(63-97(85)112)72-52-58-94-87(61-72)83-37-17-20-41-92(83)109(94)77-31-12-4-13-32-77/h1-65H. The number of fused-ring (bicyclic) bond motifs is 12. The predicted octanol–water partition coefficient (Wildman–Crippen LogP) is 26.1. The van der Waals surface area contributed by atoms with Crippen LogP contribution in [-0.2, 0) is 0 Å². The first-order chi connectivity index (χ1) is 55.5. The minimum absolute atomic E-state index is 0.578. The smallest absolute Gasteiger partial charge is 0.164 e. The Balaban J connectivity index is 0.652. The molecule has 0 fully saturated rings. The van der Waals surface area contributed by atoms with Crippen molar-refractivity contribution in [3.05, 3.63) is 394 Å². The number of para-hydroxylation sites is 5. The highest BCUT2D eigenvalue weighted by atomic mass is 15.0. The third-order valence-electron chi connectivity index (χ3n) is 22.2. The van der Waals surface area contributed by atoms with Gasteiger partial charge in [-0.25, -0.2) is 24.9 Å². The summed E-state index contributed by atoms with van der Waals surface area (Å²) in [5.74, 6) is 2.43. The Morgan fingerprint density at radius 2 is 0.473 bits per heavy atom. The van der Waals surface area contributed by atoms with Crippen LogP contribution in [0.3, 0.4) is 0 Å². The first-order valence-corrected chi connectivity index (χ1v) is 37.9. The third-order valence-corrected chi connectivity index (χ3v) is 22.2.